The van der Waals surface area contributed by atoms with Crippen LogP contribution in [-0.4, -0.2) is 38.8 Å². The van der Waals surface area contributed by atoms with Crippen LogP contribution in [0.5, 0.6) is 0 Å². The van der Waals surface area contributed by atoms with E-state index in [0.29, 0.717) is 18.6 Å². The largest absolute Gasteiger partial charge is 0.476 e. The lowest BCUT2D eigenvalue weighted by atomic mass is 9.92. The third kappa shape index (κ3) is 7.13. The molecule has 3 atom stereocenters. The van der Waals surface area contributed by atoms with Crippen LogP contribution in [-0.2, 0) is 4.79 Å². The standard InChI is InChI=1S/C20H25NO4S2/c1-2-3-4-7-15(22)8-5-6-14-9-10-18(23)16(14)11-12-26-20-21-17(13-27-20)19(24)25/h5-6,13-16,22H,2-3,8-12H2,1H3,(H,24,25)/b6-5+/t14-,15?,16-/m1/s1. The molecule has 5 nitrogen and oxygen atoms in total. The fraction of sp³-hybridized carbons (Fsp3) is 0.550. The first-order chi connectivity index (χ1) is 13.0. The van der Waals surface area contributed by atoms with Gasteiger partial charge in [-0.15, -0.1) is 17.3 Å². The van der Waals surface area contributed by atoms with Crippen LogP contribution in [0.4, 0.5) is 0 Å². The number of aromatic carboxylic acids is 1. The number of carbonyl (C=O) groups excluding carboxylic acids is 1. The minimum Gasteiger partial charge on any atom is -0.476 e. The topological polar surface area (TPSA) is 87.5 Å². The summed E-state index contributed by atoms with van der Waals surface area (Å²) in [6.07, 6.45) is 7.81. The number of thioether (sulfide) groups is 1. The van der Waals surface area contributed by atoms with Crippen molar-refractivity contribution in [2.75, 3.05) is 5.75 Å². The number of aliphatic hydroxyl groups is 1. The molecule has 0 aromatic carbocycles. The van der Waals surface area contributed by atoms with Crippen molar-refractivity contribution < 1.29 is 19.8 Å². The number of rotatable bonds is 9. The van der Waals surface area contributed by atoms with Gasteiger partial charge in [0.25, 0.3) is 0 Å². The number of allylic oxidation sites excluding steroid dienone is 1. The summed E-state index contributed by atoms with van der Waals surface area (Å²) in [4.78, 5) is 27.1. The van der Waals surface area contributed by atoms with Crippen molar-refractivity contribution in [1.29, 1.82) is 0 Å². The quantitative estimate of drug-likeness (QED) is 0.365. The van der Waals surface area contributed by atoms with Crippen LogP contribution in [0, 0.1) is 23.7 Å². The van der Waals surface area contributed by atoms with E-state index in [9.17, 15) is 14.7 Å². The minimum atomic E-state index is -1.02. The Bertz CT molecular complexity index is 732. The number of aliphatic hydroxyl groups excluding tert-OH is 1. The van der Waals surface area contributed by atoms with Crippen molar-refractivity contribution in [3.63, 3.8) is 0 Å². The van der Waals surface area contributed by atoms with Crippen LogP contribution >= 0.6 is 23.1 Å². The molecule has 2 N–H and O–H groups in total. The molecule has 1 aromatic rings. The number of thiazole rings is 1. The average molecular weight is 408 g/mol. The molecule has 1 aliphatic rings. The summed E-state index contributed by atoms with van der Waals surface area (Å²) < 4.78 is 0.721. The zero-order chi connectivity index (χ0) is 19.6. The zero-order valence-electron chi connectivity index (χ0n) is 15.4. The van der Waals surface area contributed by atoms with Gasteiger partial charge in [0, 0.05) is 36.3 Å². The maximum Gasteiger partial charge on any atom is 0.355 e. The molecule has 1 heterocycles. The van der Waals surface area contributed by atoms with Gasteiger partial charge >= 0.3 is 5.97 Å². The minimum absolute atomic E-state index is 0.00373. The molecule has 0 bridgehead atoms. The molecule has 0 radical (unpaired) electrons. The van der Waals surface area contributed by atoms with Gasteiger partial charge in [0.05, 0.1) is 0 Å². The lowest BCUT2D eigenvalue weighted by Gasteiger charge is -2.14. The van der Waals surface area contributed by atoms with E-state index < -0.39 is 12.1 Å². The van der Waals surface area contributed by atoms with E-state index in [1.165, 1.54) is 28.5 Å². The van der Waals surface area contributed by atoms with Crippen molar-refractivity contribution in [1.82, 2.24) is 4.98 Å². The summed E-state index contributed by atoms with van der Waals surface area (Å²) in [6, 6.07) is 0. The van der Waals surface area contributed by atoms with Gasteiger partial charge in [-0.1, -0.05) is 36.8 Å². The highest BCUT2D eigenvalue weighted by molar-refractivity contribution is 8.01. The number of carboxylic acid groups (broad SMARTS) is 1. The first-order valence-corrected chi connectivity index (χ1v) is 11.0. The van der Waals surface area contributed by atoms with Crippen molar-refractivity contribution in [2.24, 2.45) is 11.8 Å². The smallest absolute Gasteiger partial charge is 0.355 e. The Morgan fingerprint density at radius 1 is 1.56 bits per heavy atom. The predicted octanol–water partition coefficient (Wildman–Crippen LogP) is 4.03. The number of unbranched alkanes of at least 4 members (excludes halogenated alkanes) is 1. The lowest BCUT2D eigenvalue weighted by molar-refractivity contribution is -0.121. The number of carboxylic acids is 1. The molecule has 27 heavy (non-hydrogen) atoms. The molecule has 1 unspecified atom stereocenters. The Hall–Kier alpha value is -1.62. The first kappa shape index (κ1) is 21.7. The van der Waals surface area contributed by atoms with Crippen LogP contribution < -0.4 is 0 Å². The Kier molecular flexibility index (Phi) is 9.05. The molecule has 0 aliphatic heterocycles. The lowest BCUT2D eigenvalue weighted by Crippen LogP contribution is -2.14. The maximum absolute atomic E-state index is 12.2. The molecule has 0 amide bonds. The van der Waals surface area contributed by atoms with Gasteiger partial charge in [0.15, 0.2) is 10.0 Å². The number of hydrogen-bond donors (Lipinski definition) is 2. The van der Waals surface area contributed by atoms with E-state index in [1.54, 1.807) is 0 Å². The van der Waals surface area contributed by atoms with Gasteiger partial charge in [-0.05, 0) is 25.2 Å². The Labute approximate surface area is 168 Å². The van der Waals surface area contributed by atoms with E-state index >= 15 is 0 Å². The molecule has 1 saturated carbocycles. The monoisotopic (exact) mass is 407 g/mol. The molecule has 146 valence electrons. The zero-order valence-corrected chi connectivity index (χ0v) is 17.0. The third-order valence-electron chi connectivity index (χ3n) is 4.40. The molecule has 1 aliphatic carbocycles. The molecule has 1 aromatic heterocycles. The fourth-order valence-electron chi connectivity index (χ4n) is 2.99. The molecular weight excluding hydrogens is 382 g/mol. The number of aromatic nitrogens is 1. The predicted molar refractivity (Wildman–Crippen MR) is 108 cm³/mol. The highest BCUT2D eigenvalue weighted by Crippen LogP contribution is 2.34. The van der Waals surface area contributed by atoms with Crippen molar-refractivity contribution in [2.45, 2.75) is 55.9 Å². The summed E-state index contributed by atoms with van der Waals surface area (Å²) >= 11 is 2.82. The number of carbonyl (C=O) groups is 2. The molecule has 1 fully saturated rings. The van der Waals surface area contributed by atoms with Crippen LogP contribution in [0.25, 0.3) is 0 Å². The van der Waals surface area contributed by atoms with E-state index in [0.717, 1.165) is 35.8 Å². The van der Waals surface area contributed by atoms with Gasteiger partial charge in [-0.3, -0.25) is 4.79 Å². The van der Waals surface area contributed by atoms with Gasteiger partial charge in [0.1, 0.15) is 11.9 Å². The second-order valence-corrected chi connectivity index (χ2v) is 8.67. The van der Waals surface area contributed by atoms with Crippen molar-refractivity contribution in [3.8, 4) is 11.8 Å². The number of Topliss-reactive ketones (excluding diaryl/α,β-unsaturated/α-hetero) is 1. The molecular formula is C20H25NO4S2. The van der Waals surface area contributed by atoms with Crippen LogP contribution in [0.15, 0.2) is 21.9 Å². The normalized spacial score (nSPS) is 20.6. The highest BCUT2D eigenvalue weighted by atomic mass is 32.2. The number of hydrogen-bond acceptors (Lipinski definition) is 6. The summed E-state index contributed by atoms with van der Waals surface area (Å²) in [5.41, 5.74) is 0.0702. The second kappa shape index (κ2) is 11.3. The van der Waals surface area contributed by atoms with Crippen LogP contribution in [0.3, 0.4) is 0 Å². The van der Waals surface area contributed by atoms with Gasteiger partial charge < -0.3 is 10.2 Å². The summed E-state index contributed by atoms with van der Waals surface area (Å²) in [5, 5.41) is 20.3. The second-order valence-electron chi connectivity index (χ2n) is 6.47. The van der Waals surface area contributed by atoms with Crippen LogP contribution in [0.1, 0.15) is 55.9 Å². The molecule has 2 rings (SSSR count). The first-order valence-electron chi connectivity index (χ1n) is 9.18. The van der Waals surface area contributed by atoms with Crippen molar-refractivity contribution in [3.05, 3.63) is 23.2 Å². The number of nitrogens with zero attached hydrogens (tertiary/aromatic N) is 1. The highest BCUT2D eigenvalue weighted by Gasteiger charge is 2.32. The average Bonchev–Trinajstić information content (AvgIpc) is 3.24. The SMILES string of the molecule is CCCC#CC(O)C/C=C/[C@@H]1CCC(=O)[C@@H]1CCSc1nc(C(=O)O)cs1. The summed E-state index contributed by atoms with van der Waals surface area (Å²) in [6.45, 7) is 2.05. The Morgan fingerprint density at radius 3 is 3.07 bits per heavy atom. The van der Waals surface area contributed by atoms with Crippen molar-refractivity contribution >= 4 is 34.9 Å². The molecule has 7 heteroatoms. The van der Waals surface area contributed by atoms with E-state index in [2.05, 4.69) is 29.8 Å². The Balaban J connectivity index is 1.80. The van der Waals surface area contributed by atoms with Crippen LogP contribution in [0.2, 0.25) is 0 Å². The summed E-state index contributed by atoms with van der Waals surface area (Å²) in [5.74, 6) is 5.99. The van der Waals surface area contributed by atoms with E-state index in [4.69, 9.17) is 5.11 Å². The maximum atomic E-state index is 12.2. The molecule has 0 saturated heterocycles. The van der Waals surface area contributed by atoms with E-state index in [-0.39, 0.29) is 17.5 Å². The fourth-order valence-corrected chi connectivity index (χ4v) is 4.88. The van der Waals surface area contributed by atoms with Gasteiger partial charge in [-0.2, -0.15) is 0 Å². The van der Waals surface area contributed by atoms with E-state index in [1.807, 2.05) is 6.08 Å². The molecule has 0 spiro atoms. The third-order valence-corrected chi connectivity index (χ3v) is 6.45. The Morgan fingerprint density at radius 2 is 2.37 bits per heavy atom. The van der Waals surface area contributed by atoms with Gasteiger partial charge in [0.2, 0.25) is 0 Å². The number of ketones is 1. The summed E-state index contributed by atoms with van der Waals surface area (Å²) in [7, 11) is 0. The van der Waals surface area contributed by atoms with Gasteiger partial charge in [-0.25, -0.2) is 9.78 Å².